The van der Waals surface area contributed by atoms with Crippen LogP contribution in [0.2, 0.25) is 0 Å². The van der Waals surface area contributed by atoms with Crippen molar-refractivity contribution in [3.63, 3.8) is 0 Å². The van der Waals surface area contributed by atoms with Crippen LogP contribution in [-0.2, 0) is 6.54 Å². The summed E-state index contributed by atoms with van der Waals surface area (Å²) < 4.78 is 0. The average molecular weight is 312 g/mol. The molecule has 0 spiro atoms. The lowest BCUT2D eigenvalue weighted by Crippen LogP contribution is -2.50. The van der Waals surface area contributed by atoms with Gasteiger partial charge in [-0.05, 0) is 44.2 Å². The lowest BCUT2D eigenvalue weighted by Gasteiger charge is -2.44. The third kappa shape index (κ3) is 5.51. The molecule has 0 aliphatic rings. The molecule has 0 bridgehead atoms. The molecule has 0 radical (unpaired) electrons. The van der Waals surface area contributed by atoms with Gasteiger partial charge in [0.1, 0.15) is 0 Å². The smallest absolute Gasteiger partial charge is 0.0245 e. The lowest BCUT2D eigenvalue weighted by atomic mass is 9.82. The monoisotopic (exact) mass is 311 g/mol. The summed E-state index contributed by atoms with van der Waals surface area (Å²) in [6.45, 7) is 17.1. The first-order valence-electron chi connectivity index (χ1n) is 8.65. The van der Waals surface area contributed by atoms with E-state index in [9.17, 15) is 0 Å². The van der Waals surface area contributed by atoms with Crippen LogP contribution >= 0.6 is 0 Å². The van der Waals surface area contributed by atoms with Crippen LogP contribution < -0.4 is 0 Å². The van der Waals surface area contributed by atoms with Crippen molar-refractivity contribution in [3.05, 3.63) is 72.4 Å². The predicted octanol–water partition coefficient (Wildman–Crippen LogP) is 6.00. The normalized spacial score (nSPS) is 15.3. The molecule has 1 atom stereocenters. The van der Waals surface area contributed by atoms with Gasteiger partial charge in [-0.15, -0.1) is 6.58 Å². The maximum atomic E-state index is 4.00. The van der Waals surface area contributed by atoms with Crippen molar-refractivity contribution in [1.29, 1.82) is 0 Å². The van der Waals surface area contributed by atoms with Crippen LogP contribution in [0.5, 0.6) is 0 Å². The van der Waals surface area contributed by atoms with Gasteiger partial charge < -0.3 is 0 Å². The van der Waals surface area contributed by atoms with E-state index in [4.69, 9.17) is 0 Å². The first-order valence-corrected chi connectivity index (χ1v) is 8.65. The van der Waals surface area contributed by atoms with E-state index in [1.807, 2.05) is 0 Å². The van der Waals surface area contributed by atoms with E-state index in [-0.39, 0.29) is 5.54 Å². The van der Waals surface area contributed by atoms with Crippen molar-refractivity contribution < 1.29 is 0 Å². The molecule has 23 heavy (non-hydrogen) atoms. The minimum atomic E-state index is 0.0907. The summed E-state index contributed by atoms with van der Waals surface area (Å²) >= 11 is 0. The zero-order chi connectivity index (χ0) is 17.3. The molecule has 0 saturated carbocycles. The summed E-state index contributed by atoms with van der Waals surface area (Å²) in [4.78, 5) is 2.60. The summed E-state index contributed by atoms with van der Waals surface area (Å²) in [6.07, 6.45) is 9.60. The van der Waals surface area contributed by atoms with Crippen molar-refractivity contribution in [3.8, 4) is 0 Å². The molecule has 0 fully saturated rings. The van der Waals surface area contributed by atoms with Crippen molar-refractivity contribution in [2.24, 2.45) is 5.92 Å². The van der Waals surface area contributed by atoms with Gasteiger partial charge in [0.2, 0.25) is 0 Å². The second-order valence-electron chi connectivity index (χ2n) is 6.71. The molecule has 0 heterocycles. The maximum absolute atomic E-state index is 4.00. The van der Waals surface area contributed by atoms with Crippen LogP contribution in [0.25, 0.3) is 0 Å². The van der Waals surface area contributed by atoms with E-state index in [0.717, 1.165) is 19.5 Å². The topological polar surface area (TPSA) is 3.24 Å². The molecule has 1 rings (SSSR count). The van der Waals surface area contributed by atoms with Crippen molar-refractivity contribution in [2.75, 3.05) is 6.54 Å². The van der Waals surface area contributed by atoms with Crippen molar-refractivity contribution in [1.82, 2.24) is 4.90 Å². The van der Waals surface area contributed by atoms with E-state index in [2.05, 4.69) is 101 Å². The summed E-state index contributed by atoms with van der Waals surface area (Å²) in [7, 11) is 0. The molecule has 1 heteroatoms. The summed E-state index contributed by atoms with van der Waals surface area (Å²) in [5.74, 6) is 0.549. The fourth-order valence-corrected chi connectivity index (χ4v) is 2.92. The van der Waals surface area contributed by atoms with E-state index < -0.39 is 0 Å². The Morgan fingerprint density at radius 2 is 1.87 bits per heavy atom. The highest BCUT2D eigenvalue weighted by Crippen LogP contribution is 2.31. The van der Waals surface area contributed by atoms with Crippen LogP contribution in [-0.4, -0.2) is 17.0 Å². The Kier molecular flexibility index (Phi) is 8.05. The number of allylic oxidation sites excluding steroid dienone is 2. The van der Waals surface area contributed by atoms with Crippen molar-refractivity contribution >= 4 is 0 Å². The van der Waals surface area contributed by atoms with Gasteiger partial charge in [0.05, 0.1) is 0 Å². The molecular weight excluding hydrogens is 278 g/mol. The molecule has 0 N–H and O–H groups in total. The molecule has 126 valence electrons. The van der Waals surface area contributed by atoms with Crippen LogP contribution in [0.3, 0.4) is 0 Å². The molecule has 0 saturated heterocycles. The van der Waals surface area contributed by atoms with E-state index in [1.54, 1.807) is 0 Å². The largest absolute Gasteiger partial charge is 0.289 e. The highest BCUT2D eigenvalue weighted by molar-refractivity contribution is 5.22. The van der Waals surface area contributed by atoms with Gasteiger partial charge in [0, 0.05) is 18.6 Å². The Morgan fingerprint density at radius 3 is 2.35 bits per heavy atom. The van der Waals surface area contributed by atoms with Crippen LogP contribution in [0, 0.1) is 5.92 Å². The Hall–Kier alpha value is -1.60. The van der Waals surface area contributed by atoms with E-state index >= 15 is 0 Å². The van der Waals surface area contributed by atoms with Gasteiger partial charge in [-0.2, -0.15) is 0 Å². The summed E-state index contributed by atoms with van der Waals surface area (Å²) in [5.41, 5.74) is 2.81. The quantitative estimate of drug-likeness (QED) is 0.399. The maximum Gasteiger partial charge on any atom is 0.0245 e. The Balaban J connectivity index is 3.15. The van der Waals surface area contributed by atoms with E-state index in [0.29, 0.717) is 5.92 Å². The first-order chi connectivity index (χ1) is 11.0. The van der Waals surface area contributed by atoms with Crippen LogP contribution in [0.4, 0.5) is 0 Å². The second kappa shape index (κ2) is 9.52. The SMILES string of the molecule is C=CCC(C)(C(C)C)N(CC(/C=C\C)=C/C)Cc1ccccc1. The van der Waals surface area contributed by atoms with Gasteiger partial charge in [0.25, 0.3) is 0 Å². The molecular formula is C22H33N. The molecule has 1 aromatic rings. The summed E-state index contributed by atoms with van der Waals surface area (Å²) in [5, 5.41) is 0. The number of hydrogen-bond acceptors (Lipinski definition) is 1. The molecule has 1 unspecified atom stereocenters. The highest BCUT2D eigenvalue weighted by Gasteiger charge is 2.34. The standard InChI is InChI=1S/C22H33N/c1-7-13-20(9-3)17-23(18-21-14-11-10-12-15-21)22(6,16-8-2)19(4)5/h7-15,19H,2,16-18H2,1,3-6H3/b13-7-,20-9+. The van der Waals surface area contributed by atoms with E-state index in [1.165, 1.54) is 11.1 Å². The molecule has 0 amide bonds. The average Bonchev–Trinajstić information content (AvgIpc) is 2.54. The molecule has 1 nitrogen and oxygen atoms in total. The predicted molar refractivity (Wildman–Crippen MR) is 103 cm³/mol. The van der Waals surface area contributed by atoms with Crippen molar-refractivity contribution in [2.45, 2.75) is 53.1 Å². The zero-order valence-corrected chi connectivity index (χ0v) is 15.5. The van der Waals surface area contributed by atoms with Gasteiger partial charge in [-0.3, -0.25) is 4.90 Å². The number of rotatable bonds is 9. The first kappa shape index (κ1) is 19.4. The third-order valence-electron chi connectivity index (χ3n) is 4.87. The number of nitrogens with zero attached hydrogens (tertiary/aromatic N) is 1. The zero-order valence-electron chi connectivity index (χ0n) is 15.5. The molecule has 0 aromatic heterocycles. The van der Waals surface area contributed by atoms with Crippen LogP contribution in [0.15, 0.2) is 66.8 Å². The van der Waals surface area contributed by atoms with Crippen LogP contribution in [0.1, 0.15) is 46.6 Å². The van der Waals surface area contributed by atoms with Gasteiger partial charge in [0.15, 0.2) is 0 Å². The Labute approximate surface area is 143 Å². The number of hydrogen-bond donors (Lipinski definition) is 0. The number of benzene rings is 1. The Morgan fingerprint density at radius 1 is 1.22 bits per heavy atom. The summed E-state index contributed by atoms with van der Waals surface area (Å²) in [6, 6.07) is 10.8. The minimum absolute atomic E-state index is 0.0907. The molecule has 0 aliphatic heterocycles. The minimum Gasteiger partial charge on any atom is -0.289 e. The second-order valence-corrected chi connectivity index (χ2v) is 6.71. The third-order valence-corrected chi connectivity index (χ3v) is 4.87. The fraction of sp³-hybridized carbons (Fsp3) is 0.455. The fourth-order valence-electron chi connectivity index (χ4n) is 2.92. The molecule has 0 aliphatic carbocycles. The molecule has 1 aromatic carbocycles. The lowest BCUT2D eigenvalue weighted by molar-refractivity contribution is 0.0644. The Bertz CT molecular complexity index is 524. The highest BCUT2D eigenvalue weighted by atomic mass is 15.2. The van der Waals surface area contributed by atoms with Gasteiger partial charge >= 0.3 is 0 Å². The van der Waals surface area contributed by atoms with Gasteiger partial charge in [-0.1, -0.05) is 68.5 Å². The van der Waals surface area contributed by atoms with Gasteiger partial charge in [-0.25, -0.2) is 0 Å².